The fraction of sp³-hybridized carbons (Fsp3) is 0.964. The lowest BCUT2D eigenvalue weighted by molar-refractivity contribution is -0.122. The standard InChI is InChI=1S/C19H37ClO5Si2.C9H15FO2/c1-11(2)26(12(3)4)21-10-16-17(19(15(9)22-16)18(20)23-19)24-27(25-26,13(5)6)14(7)8;1-4-8-6(2)9(10,5-11)7(3)12-8/h11-18H,10H2,1-9H3;5-8H,4H2,1-3H3/t15-,16+,17?,18?,19+;6?,7-,8+,9+/m00/s1. The molecule has 0 aromatic carbocycles. The minimum absolute atomic E-state index is 0.114. The second kappa shape index (κ2) is 12.0. The van der Waals surface area contributed by atoms with Crippen molar-refractivity contribution in [1.29, 1.82) is 0 Å². The molecular formula is C28H52ClFO7Si2. The SMILES string of the molecule is CC(C)[Si]1(C(C)C)OC[C@H]2O[C@@H](C)[C@@]3(OC3Cl)C2O[Si](C(C)C)(C(C)C)O1.CC[C@H]1O[C@@H](C)[C@@](F)(C=O)C1C. The van der Waals surface area contributed by atoms with Gasteiger partial charge in [-0.3, -0.25) is 4.79 Å². The minimum atomic E-state index is -2.66. The summed E-state index contributed by atoms with van der Waals surface area (Å²) < 4.78 is 52.2. The lowest BCUT2D eigenvalue weighted by Crippen LogP contribution is -2.66. The summed E-state index contributed by atoms with van der Waals surface area (Å²) in [6, 6.07) is 0. The van der Waals surface area contributed by atoms with Crippen LogP contribution in [0.25, 0.3) is 0 Å². The van der Waals surface area contributed by atoms with Crippen molar-refractivity contribution in [3.63, 3.8) is 0 Å². The Kier molecular flexibility index (Phi) is 10.3. The Morgan fingerprint density at radius 2 is 1.44 bits per heavy atom. The highest BCUT2D eigenvalue weighted by molar-refractivity contribution is 6.84. The monoisotopic (exact) mass is 610 g/mol. The van der Waals surface area contributed by atoms with E-state index < -0.39 is 34.5 Å². The molecule has 228 valence electrons. The van der Waals surface area contributed by atoms with Gasteiger partial charge in [-0.05, 0) is 42.4 Å². The van der Waals surface area contributed by atoms with Gasteiger partial charge < -0.3 is 27.2 Å². The van der Waals surface area contributed by atoms with Crippen LogP contribution in [0.1, 0.15) is 89.5 Å². The molecule has 0 aliphatic carbocycles. The van der Waals surface area contributed by atoms with Gasteiger partial charge in [0.1, 0.15) is 12.2 Å². The first-order valence-corrected chi connectivity index (χ1v) is 19.2. The minimum Gasteiger partial charge on any atom is -0.414 e. The Hall–Kier alpha value is 0.0838. The highest BCUT2D eigenvalue weighted by atomic mass is 35.5. The van der Waals surface area contributed by atoms with Gasteiger partial charge in [0.15, 0.2) is 23.1 Å². The van der Waals surface area contributed by atoms with Crippen LogP contribution in [0.4, 0.5) is 4.39 Å². The number of ether oxygens (including phenoxy) is 3. The van der Waals surface area contributed by atoms with E-state index in [0.29, 0.717) is 24.0 Å². The Morgan fingerprint density at radius 1 is 0.923 bits per heavy atom. The van der Waals surface area contributed by atoms with Gasteiger partial charge >= 0.3 is 17.1 Å². The van der Waals surface area contributed by atoms with Crippen LogP contribution in [0.2, 0.25) is 22.2 Å². The maximum atomic E-state index is 13.8. The van der Waals surface area contributed by atoms with E-state index >= 15 is 0 Å². The molecule has 0 aromatic rings. The summed E-state index contributed by atoms with van der Waals surface area (Å²) >= 11 is 6.43. The second-order valence-electron chi connectivity index (χ2n) is 13.1. The molecule has 4 aliphatic heterocycles. The molecular weight excluding hydrogens is 559 g/mol. The zero-order valence-electron chi connectivity index (χ0n) is 26.0. The second-order valence-corrected chi connectivity index (χ2v) is 22.3. The highest BCUT2D eigenvalue weighted by Crippen LogP contribution is 2.57. The summed E-state index contributed by atoms with van der Waals surface area (Å²) in [6.45, 7) is 25.6. The van der Waals surface area contributed by atoms with E-state index in [9.17, 15) is 9.18 Å². The number of carbonyl (C=O) groups is 1. The van der Waals surface area contributed by atoms with Crippen molar-refractivity contribution in [2.75, 3.05) is 6.61 Å². The number of alkyl halides is 2. The molecule has 4 rings (SSSR count). The molecule has 0 aromatic heterocycles. The maximum absolute atomic E-state index is 13.8. The summed E-state index contributed by atoms with van der Waals surface area (Å²) in [5.41, 5.74) is -1.50. The van der Waals surface area contributed by atoms with Crippen molar-refractivity contribution in [3.05, 3.63) is 0 Å². The number of rotatable bonds is 6. The zero-order valence-corrected chi connectivity index (χ0v) is 28.7. The number of hydrogen-bond donors (Lipinski definition) is 0. The first kappa shape index (κ1) is 33.6. The number of carbonyl (C=O) groups excluding carboxylic acids is 1. The molecule has 0 radical (unpaired) electrons. The lowest BCUT2D eigenvalue weighted by Gasteiger charge is -2.51. The van der Waals surface area contributed by atoms with Crippen LogP contribution in [0.15, 0.2) is 0 Å². The molecule has 11 heteroatoms. The molecule has 39 heavy (non-hydrogen) atoms. The Balaban J connectivity index is 0.000000293. The number of epoxide rings is 1. The molecule has 1 spiro atoms. The highest BCUT2D eigenvalue weighted by Gasteiger charge is 2.74. The van der Waals surface area contributed by atoms with E-state index in [1.807, 2.05) is 13.8 Å². The van der Waals surface area contributed by atoms with Crippen molar-refractivity contribution >= 4 is 35.0 Å². The van der Waals surface area contributed by atoms with Crippen LogP contribution in [-0.4, -0.2) is 77.4 Å². The van der Waals surface area contributed by atoms with Gasteiger partial charge in [-0.1, -0.05) is 80.8 Å². The average molecular weight is 611 g/mol. The molecule has 0 saturated carbocycles. The third-order valence-corrected chi connectivity index (χ3v) is 20.2. The van der Waals surface area contributed by atoms with Crippen LogP contribution in [-0.2, 0) is 32.0 Å². The number of hydrogen-bond acceptors (Lipinski definition) is 7. The molecule has 3 unspecified atom stereocenters. The summed E-state index contributed by atoms with van der Waals surface area (Å²) in [6.07, 6.45) is -0.0931. The Morgan fingerprint density at radius 3 is 1.79 bits per heavy atom. The topological polar surface area (TPSA) is 75.8 Å². The van der Waals surface area contributed by atoms with Crippen LogP contribution in [0.5, 0.6) is 0 Å². The van der Waals surface area contributed by atoms with Crippen LogP contribution in [0.3, 0.4) is 0 Å². The lowest BCUT2D eigenvalue weighted by atomic mass is 9.86. The molecule has 9 atom stereocenters. The van der Waals surface area contributed by atoms with E-state index in [1.165, 1.54) is 0 Å². The van der Waals surface area contributed by atoms with Crippen molar-refractivity contribution in [2.24, 2.45) is 5.92 Å². The fourth-order valence-electron chi connectivity index (χ4n) is 6.79. The van der Waals surface area contributed by atoms with Crippen LogP contribution >= 0.6 is 11.6 Å². The summed E-state index contributed by atoms with van der Waals surface area (Å²) in [5, 5.41) is 0. The molecule has 4 aliphatic rings. The molecule has 4 saturated heterocycles. The smallest absolute Gasteiger partial charge is 0.335 e. The maximum Gasteiger partial charge on any atom is 0.335 e. The summed E-state index contributed by atoms with van der Waals surface area (Å²) in [7, 11) is -5.18. The molecule has 0 bridgehead atoms. The zero-order chi connectivity index (χ0) is 29.7. The van der Waals surface area contributed by atoms with Gasteiger partial charge in [-0.25, -0.2) is 4.39 Å². The summed E-state index contributed by atoms with van der Waals surface area (Å²) in [5.74, 6) is -0.324. The molecule has 4 fully saturated rings. The summed E-state index contributed by atoms with van der Waals surface area (Å²) in [4.78, 5) is 10.6. The first-order valence-electron chi connectivity index (χ1n) is 14.8. The molecule has 7 nitrogen and oxygen atoms in total. The van der Waals surface area contributed by atoms with Gasteiger partial charge in [-0.15, -0.1) is 0 Å². The van der Waals surface area contributed by atoms with Gasteiger partial charge in [0.05, 0.1) is 24.9 Å². The third kappa shape index (κ3) is 5.48. The Bertz CT molecular complexity index is 848. The molecule has 0 amide bonds. The van der Waals surface area contributed by atoms with Gasteiger partial charge in [0.2, 0.25) is 0 Å². The first-order chi connectivity index (χ1) is 18.0. The Labute approximate surface area is 242 Å². The van der Waals surface area contributed by atoms with E-state index in [0.717, 1.165) is 6.42 Å². The molecule has 0 N–H and O–H groups in total. The van der Waals surface area contributed by atoms with E-state index in [4.69, 9.17) is 38.8 Å². The fourth-order valence-corrected chi connectivity index (χ4v) is 18.5. The van der Waals surface area contributed by atoms with Gasteiger partial charge in [-0.2, -0.15) is 0 Å². The van der Waals surface area contributed by atoms with Crippen molar-refractivity contribution in [3.8, 4) is 0 Å². The van der Waals surface area contributed by atoms with Crippen molar-refractivity contribution < 1.29 is 36.4 Å². The van der Waals surface area contributed by atoms with Crippen molar-refractivity contribution in [1.82, 2.24) is 0 Å². The third-order valence-electron chi connectivity index (χ3n) is 9.56. The van der Waals surface area contributed by atoms with E-state index in [1.54, 1.807) is 13.8 Å². The number of halogens is 2. The van der Waals surface area contributed by atoms with E-state index in [2.05, 4.69) is 55.4 Å². The number of aldehydes is 1. The normalized spacial score (nSPS) is 42.9. The average Bonchev–Trinajstić information content (AvgIpc) is 3.40. The van der Waals surface area contributed by atoms with Crippen LogP contribution in [0, 0.1) is 5.92 Å². The van der Waals surface area contributed by atoms with Gasteiger partial charge in [0, 0.05) is 5.92 Å². The predicted molar refractivity (Wildman–Crippen MR) is 155 cm³/mol. The molecule has 4 heterocycles. The number of fused-ring (bicyclic) bond motifs is 2. The van der Waals surface area contributed by atoms with Crippen molar-refractivity contribution in [2.45, 2.75) is 159 Å². The quantitative estimate of drug-likeness (QED) is 0.142. The largest absolute Gasteiger partial charge is 0.414 e. The predicted octanol–water partition coefficient (Wildman–Crippen LogP) is 6.79. The van der Waals surface area contributed by atoms with Gasteiger partial charge in [0.25, 0.3) is 0 Å². The van der Waals surface area contributed by atoms with E-state index in [-0.39, 0.29) is 47.0 Å². The van der Waals surface area contributed by atoms with Crippen LogP contribution < -0.4 is 0 Å².